The molecule has 0 aliphatic carbocycles. The molecule has 0 saturated heterocycles. The van der Waals surface area contributed by atoms with Gasteiger partial charge in [0.05, 0.1) is 12.0 Å². The minimum absolute atomic E-state index is 0.154. The van der Waals surface area contributed by atoms with Crippen molar-refractivity contribution in [1.82, 2.24) is 0 Å². The normalized spacial score (nSPS) is 12.1. The molecule has 0 atom stereocenters. The summed E-state index contributed by atoms with van der Waals surface area (Å²) in [5.74, 6) is -6.40. The topological polar surface area (TPSA) is 197 Å². The van der Waals surface area contributed by atoms with Crippen LogP contribution in [0.2, 0.25) is 0 Å². The van der Waals surface area contributed by atoms with Gasteiger partial charge in [0.15, 0.2) is 5.78 Å². The number of benzene rings is 8. The molecule has 0 heterocycles. The monoisotopic (exact) mass is 1080 g/mol. The maximum atomic E-state index is 15.5. The van der Waals surface area contributed by atoms with Crippen LogP contribution in [0.5, 0.6) is 40.2 Å². The molecule has 8 aromatic carbocycles. The number of rotatable bonds is 19. The predicted molar refractivity (Wildman–Crippen MR) is 284 cm³/mol. The van der Waals surface area contributed by atoms with E-state index in [1.807, 2.05) is 62.4 Å². The van der Waals surface area contributed by atoms with Crippen molar-refractivity contribution in [2.24, 2.45) is 0 Å². The summed E-state index contributed by atoms with van der Waals surface area (Å²) in [4.78, 5) is 38.2. The highest BCUT2D eigenvalue weighted by Crippen LogP contribution is 2.38. The fourth-order valence-corrected chi connectivity index (χ4v) is 9.89. The molecular formula is C60H50F2O13S2. The predicted octanol–water partition coefficient (Wildman–Crippen LogP) is 13.5. The Bertz CT molecular complexity index is 3750. The van der Waals surface area contributed by atoms with Crippen LogP contribution in [0, 0.1) is 6.92 Å². The van der Waals surface area contributed by atoms with E-state index in [9.17, 15) is 40.3 Å². The second kappa shape index (κ2) is 21.3. The quantitative estimate of drug-likeness (QED) is 0.0441. The Morgan fingerprint density at radius 2 is 0.714 bits per heavy atom. The van der Waals surface area contributed by atoms with E-state index >= 15 is 8.78 Å². The lowest BCUT2D eigenvalue weighted by Gasteiger charge is -2.26. The third-order valence-corrected chi connectivity index (χ3v) is 15.1. The first-order valence-corrected chi connectivity index (χ1v) is 26.6. The third kappa shape index (κ3) is 12.0. The zero-order chi connectivity index (χ0) is 55.7. The van der Waals surface area contributed by atoms with E-state index in [0.717, 1.165) is 52.3 Å². The third-order valence-electron chi connectivity index (χ3n) is 13.3. The molecule has 0 aromatic heterocycles. The zero-order valence-corrected chi connectivity index (χ0v) is 43.9. The van der Waals surface area contributed by atoms with Gasteiger partial charge in [0, 0.05) is 33.1 Å². The van der Waals surface area contributed by atoms with E-state index < -0.39 is 64.3 Å². The van der Waals surface area contributed by atoms with Crippen LogP contribution in [0.15, 0.2) is 192 Å². The maximum Gasteiger partial charge on any atom is 0.371 e. The highest BCUT2D eigenvalue weighted by molar-refractivity contribution is 7.86. The molecule has 0 fully saturated rings. The van der Waals surface area contributed by atoms with Crippen molar-refractivity contribution in [1.29, 1.82) is 0 Å². The summed E-state index contributed by atoms with van der Waals surface area (Å²) >= 11 is 0. The van der Waals surface area contributed by atoms with Crippen LogP contribution in [-0.2, 0) is 31.1 Å². The van der Waals surface area contributed by atoms with Crippen molar-refractivity contribution in [3.8, 4) is 40.2 Å². The first-order chi connectivity index (χ1) is 36.2. The molecule has 8 rings (SSSR count). The minimum atomic E-state index is -4.94. The van der Waals surface area contributed by atoms with Crippen LogP contribution >= 0.6 is 0 Å². The van der Waals surface area contributed by atoms with Gasteiger partial charge in [0.2, 0.25) is 11.6 Å². The van der Waals surface area contributed by atoms with Crippen LogP contribution in [-0.4, -0.2) is 56.3 Å². The Hall–Kier alpha value is -8.35. The van der Waals surface area contributed by atoms with Crippen LogP contribution in [0.3, 0.4) is 0 Å². The number of carbonyl (C=O) groups is 3. The number of hydrogen-bond acceptors (Lipinski definition) is 11. The highest BCUT2D eigenvalue weighted by atomic mass is 32.2. The van der Waals surface area contributed by atoms with E-state index in [-0.39, 0.29) is 44.9 Å². The summed E-state index contributed by atoms with van der Waals surface area (Å²) in [5, 5.41) is 0. The van der Waals surface area contributed by atoms with Gasteiger partial charge in [0.1, 0.15) is 45.1 Å². The molecule has 0 saturated carbocycles. The number of Topliss-reactive ketones (excluding diaryl/α,β-unsaturated/α-hetero) is 2. The molecule has 8 aromatic rings. The van der Waals surface area contributed by atoms with Gasteiger partial charge in [-0.2, -0.15) is 25.6 Å². The molecule has 2 N–H and O–H groups in total. The number of alkyl halides is 2. The van der Waals surface area contributed by atoms with Gasteiger partial charge < -0.3 is 18.9 Å². The van der Waals surface area contributed by atoms with Gasteiger partial charge in [-0.25, -0.2) is 0 Å². The molecular weight excluding hydrogens is 1030 g/mol. The molecule has 0 spiro atoms. The lowest BCUT2D eigenvalue weighted by atomic mass is 9.78. The Balaban J connectivity index is 0.864. The second-order valence-electron chi connectivity index (χ2n) is 19.1. The SMILES string of the molecule is COc1ccc(C(C)(C)c2ccc(Oc3ccc(C(=O)C(F)(F)C(=O)c4ccc(Oc5ccc(C(C)(C)c6ccc(Oc7ccc(C(=O)c8ccc(C)c(S(=O)(=O)O)c8)cc7S(=O)(=O)O)cc6)cc5)cc4)cc3)cc2)cc1. The number of halogens is 2. The van der Waals surface area contributed by atoms with Crippen molar-refractivity contribution in [3.63, 3.8) is 0 Å². The fourth-order valence-electron chi connectivity index (χ4n) is 8.49. The maximum absolute atomic E-state index is 15.5. The smallest absolute Gasteiger partial charge is 0.371 e. The van der Waals surface area contributed by atoms with Crippen molar-refractivity contribution < 1.29 is 68.1 Å². The molecule has 0 radical (unpaired) electrons. The summed E-state index contributed by atoms with van der Waals surface area (Å²) in [6.45, 7) is 9.55. The van der Waals surface area contributed by atoms with Gasteiger partial charge in [0.25, 0.3) is 20.2 Å². The zero-order valence-electron chi connectivity index (χ0n) is 42.3. The molecule has 77 heavy (non-hydrogen) atoms. The summed E-state index contributed by atoms with van der Waals surface area (Å²) in [6.07, 6.45) is 0. The summed E-state index contributed by atoms with van der Waals surface area (Å²) in [5.41, 5.74) is 1.93. The van der Waals surface area contributed by atoms with Crippen molar-refractivity contribution in [2.75, 3.05) is 7.11 Å². The Morgan fingerprint density at radius 3 is 1.06 bits per heavy atom. The average molecular weight is 1080 g/mol. The molecule has 0 aliphatic heterocycles. The van der Waals surface area contributed by atoms with Crippen LogP contribution < -0.4 is 18.9 Å². The van der Waals surface area contributed by atoms with E-state index in [4.69, 9.17) is 18.9 Å². The number of ether oxygens (including phenoxy) is 4. The average Bonchev–Trinajstić information content (AvgIpc) is 3.43. The van der Waals surface area contributed by atoms with Crippen molar-refractivity contribution in [3.05, 3.63) is 232 Å². The molecule has 0 amide bonds. The summed E-state index contributed by atoms with van der Waals surface area (Å²) in [7, 11) is -7.98. The molecule has 0 bridgehead atoms. The lowest BCUT2D eigenvalue weighted by molar-refractivity contribution is 0.0147. The molecule has 17 heteroatoms. The lowest BCUT2D eigenvalue weighted by Crippen LogP contribution is -2.38. The number of aryl methyl sites for hydroxylation is 1. The standard InChI is InChI=1S/C60H50F2O13S2/c1-37-7-8-40(35-53(37)76(66,67)68)55(63)41-13-34-52(54(36-41)77(69,70)71)75-51-32-20-45(21-33-51)59(4,5)44-18-30-50(31-19-44)74-48-24-11-39(12-25-48)57(65)60(61,62)56(64)38-9-22-47(23-10-38)73-49-28-16-43(17-29-49)58(2,3)42-14-26-46(72-6)27-15-42/h7-36H,1-6H3,(H,66,67,68)(H,69,70,71). The Kier molecular flexibility index (Phi) is 15.2. The molecule has 13 nitrogen and oxygen atoms in total. The summed E-state index contributed by atoms with van der Waals surface area (Å²) in [6, 6.07) is 46.1. The first-order valence-electron chi connectivity index (χ1n) is 23.7. The van der Waals surface area contributed by atoms with Gasteiger partial charge in [-0.15, -0.1) is 0 Å². The van der Waals surface area contributed by atoms with Crippen molar-refractivity contribution >= 4 is 37.6 Å². The Morgan fingerprint density at radius 1 is 0.416 bits per heavy atom. The van der Waals surface area contributed by atoms with Crippen molar-refractivity contribution in [2.45, 2.75) is 61.2 Å². The van der Waals surface area contributed by atoms with Crippen LogP contribution in [0.25, 0.3) is 0 Å². The number of methoxy groups -OCH3 is 1. The molecule has 0 aliphatic rings. The summed E-state index contributed by atoms with van der Waals surface area (Å²) < 4.78 is 122. The fraction of sp³-hybridized carbons (Fsp3) is 0.150. The first kappa shape index (κ1) is 54.9. The van der Waals surface area contributed by atoms with E-state index in [1.165, 1.54) is 67.6 Å². The largest absolute Gasteiger partial charge is 0.497 e. The number of ketones is 3. The number of carbonyl (C=O) groups excluding carboxylic acids is 3. The van der Waals surface area contributed by atoms with Crippen LogP contribution in [0.4, 0.5) is 8.78 Å². The highest BCUT2D eigenvalue weighted by Gasteiger charge is 2.47. The minimum Gasteiger partial charge on any atom is -0.497 e. The van der Waals surface area contributed by atoms with Crippen LogP contribution in [0.1, 0.15) is 92.1 Å². The Labute approximate surface area is 444 Å². The van der Waals surface area contributed by atoms with Gasteiger partial charge in [-0.1, -0.05) is 88.4 Å². The molecule has 394 valence electrons. The van der Waals surface area contributed by atoms with E-state index in [1.54, 1.807) is 55.6 Å². The van der Waals surface area contributed by atoms with E-state index in [2.05, 4.69) is 13.8 Å². The van der Waals surface area contributed by atoms with Gasteiger partial charge in [-0.3, -0.25) is 23.5 Å². The number of hydrogen-bond donors (Lipinski definition) is 2. The van der Waals surface area contributed by atoms with E-state index in [0.29, 0.717) is 17.2 Å². The second-order valence-corrected chi connectivity index (χ2v) is 21.8. The van der Waals surface area contributed by atoms with Gasteiger partial charge >= 0.3 is 5.92 Å². The van der Waals surface area contributed by atoms with Gasteiger partial charge in [-0.05, 0) is 156 Å². The molecule has 0 unspecified atom stereocenters.